The van der Waals surface area contributed by atoms with Gasteiger partial charge in [0, 0.05) is 25.0 Å². The van der Waals surface area contributed by atoms with Crippen molar-refractivity contribution in [2.45, 2.75) is 25.8 Å². The van der Waals surface area contributed by atoms with Crippen LogP contribution in [0.25, 0.3) is 0 Å². The Balaban J connectivity index is 1.90. The average molecular weight is 318 g/mol. The maximum atomic E-state index is 12.4. The lowest BCUT2D eigenvalue weighted by molar-refractivity contribution is 0.0492. The number of hydrogen-bond donors (Lipinski definition) is 2. The number of aliphatic hydroxyl groups excluding tert-OH is 1. The molecule has 1 aliphatic heterocycles. The Morgan fingerprint density at radius 1 is 1.48 bits per heavy atom. The lowest BCUT2D eigenvalue weighted by Crippen LogP contribution is -2.50. The van der Waals surface area contributed by atoms with E-state index < -0.39 is 0 Å². The Kier molecular flexibility index (Phi) is 6.04. The van der Waals surface area contributed by atoms with Gasteiger partial charge in [0.2, 0.25) is 0 Å². The van der Waals surface area contributed by atoms with Crippen LogP contribution in [-0.2, 0) is 6.54 Å². The zero-order chi connectivity index (χ0) is 16.7. The number of rotatable bonds is 6. The number of amides is 2. The zero-order valence-corrected chi connectivity index (χ0v) is 13.8. The number of allylic oxidation sites excluding steroid dienone is 1. The van der Waals surface area contributed by atoms with E-state index in [1.54, 1.807) is 12.0 Å². The number of nitrogens with one attached hydrogen (secondary N) is 1. The zero-order valence-electron chi connectivity index (χ0n) is 13.8. The molecule has 1 aromatic carbocycles. The summed E-state index contributed by atoms with van der Waals surface area (Å²) in [5.41, 5.74) is 0.785. The van der Waals surface area contributed by atoms with Crippen LogP contribution >= 0.6 is 0 Å². The second-order valence-corrected chi connectivity index (χ2v) is 6.18. The van der Waals surface area contributed by atoms with Crippen LogP contribution in [0.4, 0.5) is 4.79 Å². The number of hydrogen-bond acceptors (Lipinski definition) is 3. The first-order chi connectivity index (χ1) is 11.1. The molecule has 5 nitrogen and oxygen atoms in total. The lowest BCUT2D eigenvalue weighted by Gasteiger charge is -2.41. The molecule has 5 heteroatoms. The van der Waals surface area contributed by atoms with Gasteiger partial charge in [-0.05, 0) is 37.0 Å². The van der Waals surface area contributed by atoms with Gasteiger partial charge in [-0.2, -0.15) is 0 Å². The average Bonchev–Trinajstić information content (AvgIpc) is 2.60. The number of ether oxygens (including phenoxy) is 1. The molecule has 0 aromatic heterocycles. The van der Waals surface area contributed by atoms with Crippen molar-refractivity contribution in [2.24, 2.45) is 5.41 Å². The molecule has 126 valence electrons. The molecule has 1 aliphatic rings. The van der Waals surface area contributed by atoms with Crippen molar-refractivity contribution in [3.8, 4) is 5.75 Å². The van der Waals surface area contributed by atoms with Gasteiger partial charge in [-0.15, -0.1) is 6.58 Å². The minimum Gasteiger partial charge on any atom is -0.497 e. The van der Waals surface area contributed by atoms with Gasteiger partial charge in [-0.1, -0.05) is 18.2 Å². The normalized spacial score (nSPS) is 20.9. The summed E-state index contributed by atoms with van der Waals surface area (Å²) in [6.07, 6.45) is 4.39. The summed E-state index contributed by atoms with van der Waals surface area (Å²) in [4.78, 5) is 14.2. The fourth-order valence-corrected chi connectivity index (χ4v) is 3.08. The van der Waals surface area contributed by atoms with Crippen LogP contribution in [-0.4, -0.2) is 42.8 Å². The van der Waals surface area contributed by atoms with E-state index in [2.05, 4.69) is 11.9 Å². The second kappa shape index (κ2) is 8.02. The van der Waals surface area contributed by atoms with Crippen LogP contribution in [0.15, 0.2) is 36.9 Å². The summed E-state index contributed by atoms with van der Waals surface area (Å²) in [5.74, 6) is 0.799. The number of carbonyl (C=O) groups excluding carboxylic acids is 1. The molecule has 0 saturated carbocycles. The van der Waals surface area contributed by atoms with Crippen molar-refractivity contribution < 1.29 is 14.6 Å². The quantitative estimate of drug-likeness (QED) is 0.793. The van der Waals surface area contributed by atoms with E-state index in [1.165, 1.54) is 0 Å². The van der Waals surface area contributed by atoms with E-state index in [9.17, 15) is 9.90 Å². The van der Waals surface area contributed by atoms with E-state index in [0.717, 1.165) is 37.1 Å². The highest BCUT2D eigenvalue weighted by atomic mass is 16.5. The number of likely N-dealkylation sites (tertiary alicyclic amines) is 1. The Labute approximate surface area is 137 Å². The molecule has 1 fully saturated rings. The van der Waals surface area contributed by atoms with Crippen molar-refractivity contribution in [1.82, 2.24) is 10.2 Å². The molecule has 0 spiro atoms. The van der Waals surface area contributed by atoms with Crippen LogP contribution in [0.5, 0.6) is 5.75 Å². The smallest absolute Gasteiger partial charge is 0.317 e. The molecule has 2 N–H and O–H groups in total. The first kappa shape index (κ1) is 17.3. The number of urea groups is 1. The van der Waals surface area contributed by atoms with Gasteiger partial charge in [0.05, 0.1) is 13.7 Å². The summed E-state index contributed by atoms with van der Waals surface area (Å²) in [6, 6.07) is 7.55. The third-order valence-corrected chi connectivity index (χ3v) is 4.46. The summed E-state index contributed by atoms with van der Waals surface area (Å²) < 4.78 is 5.12. The van der Waals surface area contributed by atoms with E-state index in [4.69, 9.17) is 4.74 Å². The van der Waals surface area contributed by atoms with Crippen molar-refractivity contribution in [2.75, 3.05) is 26.8 Å². The second-order valence-electron chi connectivity index (χ2n) is 6.18. The molecular weight excluding hydrogens is 292 g/mol. The predicted octanol–water partition coefficient (Wildman–Crippen LogP) is 2.56. The summed E-state index contributed by atoms with van der Waals surface area (Å²) in [5, 5.41) is 12.7. The lowest BCUT2D eigenvalue weighted by atomic mass is 9.78. The molecule has 1 unspecified atom stereocenters. The number of aliphatic hydroxyl groups is 1. The van der Waals surface area contributed by atoms with Gasteiger partial charge in [0.25, 0.3) is 0 Å². The number of methoxy groups -OCH3 is 1. The Bertz CT molecular complexity index is 530. The van der Waals surface area contributed by atoms with Crippen molar-refractivity contribution in [3.05, 3.63) is 42.5 Å². The van der Waals surface area contributed by atoms with Crippen LogP contribution in [0.2, 0.25) is 0 Å². The SMILES string of the molecule is C=CCC1(CO)CCCN(C(=O)NCc2ccc(OC)cc2)C1. The Hall–Kier alpha value is -2.01. The van der Waals surface area contributed by atoms with Gasteiger partial charge in [0.1, 0.15) is 5.75 Å². The summed E-state index contributed by atoms with van der Waals surface area (Å²) >= 11 is 0. The van der Waals surface area contributed by atoms with Gasteiger partial charge in [-0.25, -0.2) is 4.79 Å². The van der Waals surface area contributed by atoms with E-state index in [1.807, 2.05) is 30.3 Å². The van der Waals surface area contributed by atoms with E-state index >= 15 is 0 Å². The maximum absolute atomic E-state index is 12.4. The molecule has 0 radical (unpaired) electrons. The third-order valence-electron chi connectivity index (χ3n) is 4.46. The highest BCUT2D eigenvalue weighted by molar-refractivity contribution is 5.74. The third kappa shape index (κ3) is 4.48. The molecule has 1 atom stereocenters. The van der Waals surface area contributed by atoms with Crippen LogP contribution in [0, 0.1) is 5.41 Å². The molecular formula is C18H26N2O3. The predicted molar refractivity (Wildman–Crippen MR) is 90.4 cm³/mol. The molecule has 1 saturated heterocycles. The fraction of sp³-hybridized carbons (Fsp3) is 0.500. The molecule has 1 aromatic rings. The highest BCUT2D eigenvalue weighted by Crippen LogP contribution is 2.33. The van der Waals surface area contributed by atoms with Gasteiger partial charge >= 0.3 is 6.03 Å². The van der Waals surface area contributed by atoms with Gasteiger partial charge < -0.3 is 20.1 Å². The van der Waals surface area contributed by atoms with Crippen LogP contribution in [0.3, 0.4) is 0 Å². The Morgan fingerprint density at radius 2 is 2.22 bits per heavy atom. The monoisotopic (exact) mass is 318 g/mol. The summed E-state index contributed by atoms with van der Waals surface area (Å²) in [6.45, 7) is 5.63. The minimum atomic E-state index is -0.239. The fourth-order valence-electron chi connectivity index (χ4n) is 3.08. The van der Waals surface area contributed by atoms with Crippen molar-refractivity contribution >= 4 is 6.03 Å². The van der Waals surface area contributed by atoms with Crippen molar-refractivity contribution in [3.63, 3.8) is 0 Å². The minimum absolute atomic E-state index is 0.0811. The maximum Gasteiger partial charge on any atom is 0.317 e. The number of benzene rings is 1. The highest BCUT2D eigenvalue weighted by Gasteiger charge is 2.35. The standard InChI is InChI=1S/C18H26N2O3/c1-3-9-18(14-21)10-4-11-20(13-18)17(22)19-12-15-5-7-16(23-2)8-6-15/h3,5-8,21H,1,4,9-14H2,2H3,(H,19,22). The van der Waals surface area contributed by atoms with Crippen molar-refractivity contribution in [1.29, 1.82) is 0 Å². The molecule has 2 rings (SSSR count). The number of nitrogens with zero attached hydrogens (tertiary/aromatic N) is 1. The van der Waals surface area contributed by atoms with E-state index in [-0.39, 0.29) is 18.1 Å². The van der Waals surface area contributed by atoms with Crippen LogP contribution < -0.4 is 10.1 Å². The van der Waals surface area contributed by atoms with Gasteiger partial charge in [0.15, 0.2) is 0 Å². The molecule has 23 heavy (non-hydrogen) atoms. The first-order valence-corrected chi connectivity index (χ1v) is 8.00. The van der Waals surface area contributed by atoms with Crippen LogP contribution in [0.1, 0.15) is 24.8 Å². The molecule has 0 bridgehead atoms. The van der Waals surface area contributed by atoms with E-state index in [0.29, 0.717) is 13.1 Å². The topological polar surface area (TPSA) is 61.8 Å². The largest absolute Gasteiger partial charge is 0.497 e. The van der Waals surface area contributed by atoms with Gasteiger partial charge in [-0.3, -0.25) is 0 Å². The first-order valence-electron chi connectivity index (χ1n) is 8.00. The molecule has 1 heterocycles. The number of carbonyl (C=O) groups is 1. The molecule has 0 aliphatic carbocycles. The Morgan fingerprint density at radius 3 is 2.83 bits per heavy atom. The number of piperidine rings is 1. The molecule has 2 amide bonds. The summed E-state index contributed by atoms with van der Waals surface area (Å²) in [7, 11) is 1.63.